The Morgan fingerprint density at radius 2 is 2.04 bits per heavy atom. The second kappa shape index (κ2) is 9.27. The van der Waals surface area contributed by atoms with Gasteiger partial charge in [-0.25, -0.2) is 4.98 Å². The molecule has 2 aromatic rings. The number of hydrogen-bond donors (Lipinski definition) is 1. The first-order valence-electron chi connectivity index (χ1n) is 9.42. The Labute approximate surface area is 155 Å². The number of rotatable bonds is 7. The van der Waals surface area contributed by atoms with E-state index < -0.39 is 0 Å². The maximum absolute atomic E-state index is 12.2. The van der Waals surface area contributed by atoms with Crippen LogP contribution in [0.3, 0.4) is 0 Å². The number of aromatic nitrogens is 3. The van der Waals surface area contributed by atoms with Crippen molar-refractivity contribution in [3.05, 3.63) is 48.2 Å². The minimum absolute atomic E-state index is 0.0192. The molecular weight excluding hydrogens is 326 g/mol. The average Bonchev–Trinajstić information content (AvgIpc) is 2.72. The van der Waals surface area contributed by atoms with Gasteiger partial charge in [-0.3, -0.25) is 14.8 Å². The highest BCUT2D eigenvalue weighted by Gasteiger charge is 2.21. The summed E-state index contributed by atoms with van der Waals surface area (Å²) >= 11 is 0. The fourth-order valence-electron chi connectivity index (χ4n) is 3.51. The zero-order valence-electron chi connectivity index (χ0n) is 15.4. The molecule has 1 amide bonds. The van der Waals surface area contributed by atoms with Crippen LogP contribution in [0.4, 0.5) is 5.82 Å². The van der Waals surface area contributed by atoms with Gasteiger partial charge in [0.15, 0.2) is 0 Å². The highest BCUT2D eigenvalue weighted by Crippen LogP contribution is 2.26. The van der Waals surface area contributed by atoms with Crippen molar-refractivity contribution < 1.29 is 4.79 Å². The molecule has 0 aromatic carbocycles. The van der Waals surface area contributed by atoms with Gasteiger partial charge < -0.3 is 10.2 Å². The Morgan fingerprint density at radius 1 is 1.19 bits per heavy atom. The smallest absolute Gasteiger partial charge is 0.220 e. The van der Waals surface area contributed by atoms with Crippen molar-refractivity contribution in [2.45, 2.75) is 57.5 Å². The monoisotopic (exact) mass is 353 g/mol. The molecule has 1 fully saturated rings. The second-order valence-corrected chi connectivity index (χ2v) is 6.86. The molecule has 1 aliphatic carbocycles. The minimum atomic E-state index is 0.0192. The van der Waals surface area contributed by atoms with E-state index in [0.29, 0.717) is 25.4 Å². The third-order valence-corrected chi connectivity index (χ3v) is 5.02. The molecular formula is C20H27N5O. The standard InChI is InChI=1S/C20H27N5O/c1-25(18-7-3-2-4-8-18)20-16(6-5-11-23-20)14-24-19(26)10-9-17-15-21-12-13-22-17/h5-6,11-13,15,18H,2-4,7-10,14H2,1H3,(H,24,26). The van der Waals surface area contributed by atoms with Crippen LogP contribution in [0.25, 0.3) is 0 Å². The van der Waals surface area contributed by atoms with Crippen LogP contribution < -0.4 is 10.2 Å². The van der Waals surface area contributed by atoms with Crippen LogP contribution in [0, 0.1) is 0 Å². The third-order valence-electron chi connectivity index (χ3n) is 5.02. The molecule has 0 aliphatic heterocycles. The fourth-order valence-corrected chi connectivity index (χ4v) is 3.51. The van der Waals surface area contributed by atoms with Crippen LogP contribution >= 0.6 is 0 Å². The molecule has 138 valence electrons. The number of aryl methyl sites for hydroxylation is 1. The molecule has 2 aromatic heterocycles. The summed E-state index contributed by atoms with van der Waals surface area (Å²) in [5.74, 6) is 0.999. The summed E-state index contributed by atoms with van der Waals surface area (Å²) in [7, 11) is 2.12. The van der Waals surface area contributed by atoms with Gasteiger partial charge in [-0.15, -0.1) is 0 Å². The lowest BCUT2D eigenvalue weighted by Crippen LogP contribution is -2.35. The molecule has 6 nitrogen and oxygen atoms in total. The Bertz CT molecular complexity index is 700. The molecule has 0 bridgehead atoms. The second-order valence-electron chi connectivity index (χ2n) is 6.86. The maximum Gasteiger partial charge on any atom is 0.220 e. The van der Waals surface area contributed by atoms with Gasteiger partial charge in [0.1, 0.15) is 5.82 Å². The summed E-state index contributed by atoms with van der Waals surface area (Å²) in [6, 6.07) is 4.52. The number of nitrogens with zero attached hydrogens (tertiary/aromatic N) is 4. The van der Waals surface area contributed by atoms with Gasteiger partial charge in [0.2, 0.25) is 5.91 Å². The van der Waals surface area contributed by atoms with Gasteiger partial charge in [0, 0.05) is 56.4 Å². The Kier molecular flexibility index (Phi) is 6.52. The molecule has 0 radical (unpaired) electrons. The van der Waals surface area contributed by atoms with Crippen molar-refractivity contribution in [2.24, 2.45) is 0 Å². The molecule has 0 spiro atoms. The predicted molar refractivity (Wildman–Crippen MR) is 102 cm³/mol. The summed E-state index contributed by atoms with van der Waals surface area (Å²) in [5.41, 5.74) is 1.90. The average molecular weight is 353 g/mol. The van der Waals surface area contributed by atoms with Gasteiger partial charge in [-0.05, 0) is 25.3 Å². The number of amides is 1. The molecule has 1 saturated carbocycles. The van der Waals surface area contributed by atoms with Crippen molar-refractivity contribution in [1.82, 2.24) is 20.3 Å². The summed E-state index contributed by atoms with van der Waals surface area (Å²) in [4.78, 5) is 27.3. The van der Waals surface area contributed by atoms with E-state index in [9.17, 15) is 4.79 Å². The zero-order valence-corrected chi connectivity index (χ0v) is 15.4. The summed E-state index contributed by atoms with van der Waals surface area (Å²) in [6.07, 6.45) is 14.2. The molecule has 0 unspecified atom stereocenters. The zero-order chi connectivity index (χ0) is 18.2. The highest BCUT2D eigenvalue weighted by molar-refractivity contribution is 5.76. The van der Waals surface area contributed by atoms with Crippen molar-refractivity contribution in [2.75, 3.05) is 11.9 Å². The van der Waals surface area contributed by atoms with Crippen LogP contribution in [0.5, 0.6) is 0 Å². The molecule has 1 aliphatic rings. The summed E-state index contributed by atoms with van der Waals surface area (Å²) in [6.45, 7) is 0.500. The SMILES string of the molecule is CN(c1ncccc1CNC(=O)CCc1cnccn1)C1CCCCC1. The van der Waals surface area contributed by atoms with E-state index in [-0.39, 0.29) is 5.91 Å². The molecule has 26 heavy (non-hydrogen) atoms. The largest absolute Gasteiger partial charge is 0.356 e. The van der Waals surface area contributed by atoms with Crippen LogP contribution in [0.15, 0.2) is 36.9 Å². The number of hydrogen-bond acceptors (Lipinski definition) is 5. The minimum Gasteiger partial charge on any atom is -0.356 e. The normalized spacial score (nSPS) is 14.8. The van der Waals surface area contributed by atoms with E-state index in [0.717, 1.165) is 17.1 Å². The first-order valence-corrected chi connectivity index (χ1v) is 9.42. The van der Waals surface area contributed by atoms with Crippen LogP contribution in [0.2, 0.25) is 0 Å². The molecule has 1 N–H and O–H groups in total. The first kappa shape index (κ1) is 18.3. The molecule has 0 saturated heterocycles. The van der Waals surface area contributed by atoms with E-state index in [4.69, 9.17) is 0 Å². The Morgan fingerprint density at radius 3 is 2.81 bits per heavy atom. The van der Waals surface area contributed by atoms with Crippen molar-refractivity contribution in [1.29, 1.82) is 0 Å². The molecule has 0 atom stereocenters. The number of carbonyl (C=O) groups excluding carboxylic acids is 1. The Balaban J connectivity index is 1.55. The lowest BCUT2D eigenvalue weighted by molar-refractivity contribution is -0.121. The van der Waals surface area contributed by atoms with Gasteiger partial charge in [0.05, 0.1) is 5.69 Å². The van der Waals surface area contributed by atoms with Gasteiger partial charge in [0.25, 0.3) is 0 Å². The van der Waals surface area contributed by atoms with E-state index in [1.54, 1.807) is 18.6 Å². The predicted octanol–water partition coefficient (Wildman–Crippen LogP) is 2.89. The highest BCUT2D eigenvalue weighted by atomic mass is 16.1. The van der Waals surface area contributed by atoms with Gasteiger partial charge in [-0.1, -0.05) is 25.3 Å². The van der Waals surface area contributed by atoms with E-state index in [1.165, 1.54) is 32.1 Å². The van der Waals surface area contributed by atoms with Crippen molar-refractivity contribution >= 4 is 11.7 Å². The van der Waals surface area contributed by atoms with Crippen LogP contribution in [0.1, 0.15) is 49.8 Å². The van der Waals surface area contributed by atoms with Gasteiger partial charge in [-0.2, -0.15) is 0 Å². The third kappa shape index (κ3) is 5.00. The van der Waals surface area contributed by atoms with E-state index >= 15 is 0 Å². The first-order chi connectivity index (χ1) is 12.7. The Hall–Kier alpha value is -2.50. The van der Waals surface area contributed by atoms with Crippen molar-refractivity contribution in [3.63, 3.8) is 0 Å². The van der Waals surface area contributed by atoms with E-state index in [2.05, 4.69) is 32.2 Å². The van der Waals surface area contributed by atoms with Crippen molar-refractivity contribution in [3.8, 4) is 0 Å². The number of anilines is 1. The molecule has 6 heteroatoms. The molecule has 3 rings (SSSR count). The van der Waals surface area contributed by atoms with E-state index in [1.807, 2.05) is 18.3 Å². The quantitative estimate of drug-likeness (QED) is 0.829. The molecule has 2 heterocycles. The summed E-state index contributed by atoms with van der Waals surface area (Å²) < 4.78 is 0. The van der Waals surface area contributed by atoms with Crippen LogP contribution in [-0.4, -0.2) is 33.9 Å². The number of nitrogens with one attached hydrogen (secondary N) is 1. The lowest BCUT2D eigenvalue weighted by Gasteiger charge is -2.33. The van der Waals surface area contributed by atoms with Crippen LogP contribution in [-0.2, 0) is 17.8 Å². The number of pyridine rings is 1. The fraction of sp³-hybridized carbons (Fsp3) is 0.500. The summed E-state index contributed by atoms with van der Waals surface area (Å²) in [5, 5.41) is 3.01. The lowest BCUT2D eigenvalue weighted by atomic mass is 9.94. The van der Waals surface area contributed by atoms with Gasteiger partial charge >= 0.3 is 0 Å². The topological polar surface area (TPSA) is 71.0 Å². The maximum atomic E-state index is 12.2. The number of carbonyl (C=O) groups is 1.